The van der Waals surface area contributed by atoms with Crippen LogP contribution < -0.4 is 5.32 Å². The molecule has 0 unspecified atom stereocenters. The first-order valence-corrected chi connectivity index (χ1v) is 7.27. The number of anilines is 1. The van der Waals surface area contributed by atoms with Crippen LogP contribution in [-0.4, -0.2) is 6.09 Å². The lowest BCUT2D eigenvalue weighted by molar-refractivity contribution is 0.155. The normalized spacial score (nSPS) is 10.4. The van der Waals surface area contributed by atoms with E-state index in [4.69, 9.17) is 16.3 Å². The standard InChI is InChI=1S/C18H14ClNO2/c19-17-15-9-5-4-8-14(15)10-11-16(17)20-18(21)22-12-13-6-2-1-3-7-13/h1-11H,12H2,(H,20,21). The number of carbonyl (C=O) groups excluding carboxylic acids is 1. The van der Waals surface area contributed by atoms with Gasteiger partial charge in [-0.3, -0.25) is 5.32 Å². The average Bonchev–Trinajstić information content (AvgIpc) is 2.57. The fourth-order valence-corrected chi connectivity index (χ4v) is 2.48. The van der Waals surface area contributed by atoms with E-state index in [1.807, 2.05) is 60.7 Å². The Balaban J connectivity index is 1.70. The highest BCUT2D eigenvalue weighted by molar-refractivity contribution is 6.38. The van der Waals surface area contributed by atoms with Gasteiger partial charge in [0.15, 0.2) is 0 Å². The fourth-order valence-electron chi connectivity index (χ4n) is 2.20. The molecular formula is C18H14ClNO2. The van der Waals surface area contributed by atoms with E-state index in [0.717, 1.165) is 16.3 Å². The summed E-state index contributed by atoms with van der Waals surface area (Å²) in [6, 6.07) is 20.9. The summed E-state index contributed by atoms with van der Waals surface area (Å²) in [7, 11) is 0. The Labute approximate surface area is 133 Å². The maximum Gasteiger partial charge on any atom is 0.412 e. The van der Waals surface area contributed by atoms with Gasteiger partial charge in [-0.05, 0) is 17.0 Å². The van der Waals surface area contributed by atoms with E-state index in [1.54, 1.807) is 6.07 Å². The van der Waals surface area contributed by atoms with Gasteiger partial charge < -0.3 is 4.74 Å². The molecule has 0 spiro atoms. The van der Waals surface area contributed by atoms with Crippen molar-refractivity contribution in [3.8, 4) is 0 Å². The molecule has 0 fully saturated rings. The Kier molecular flexibility index (Phi) is 4.26. The Morgan fingerprint density at radius 2 is 1.68 bits per heavy atom. The third-order valence-corrected chi connectivity index (χ3v) is 3.72. The van der Waals surface area contributed by atoms with Crippen molar-refractivity contribution < 1.29 is 9.53 Å². The van der Waals surface area contributed by atoms with Crippen LogP contribution in [0.1, 0.15) is 5.56 Å². The SMILES string of the molecule is O=C(Nc1ccc2ccccc2c1Cl)OCc1ccccc1. The number of hydrogen-bond acceptors (Lipinski definition) is 2. The number of nitrogens with one attached hydrogen (secondary N) is 1. The number of benzene rings is 3. The number of ether oxygens (including phenoxy) is 1. The molecule has 1 amide bonds. The summed E-state index contributed by atoms with van der Waals surface area (Å²) < 4.78 is 5.19. The smallest absolute Gasteiger partial charge is 0.412 e. The number of hydrogen-bond donors (Lipinski definition) is 1. The largest absolute Gasteiger partial charge is 0.444 e. The van der Waals surface area contributed by atoms with Gasteiger partial charge in [0, 0.05) is 5.39 Å². The summed E-state index contributed by atoms with van der Waals surface area (Å²) in [5.41, 5.74) is 1.47. The minimum atomic E-state index is -0.527. The van der Waals surface area contributed by atoms with Crippen LogP contribution >= 0.6 is 11.6 Å². The lowest BCUT2D eigenvalue weighted by Gasteiger charge is -2.10. The molecular weight excluding hydrogens is 298 g/mol. The highest BCUT2D eigenvalue weighted by Crippen LogP contribution is 2.30. The molecule has 3 aromatic rings. The van der Waals surface area contributed by atoms with E-state index in [-0.39, 0.29) is 6.61 Å². The maximum atomic E-state index is 11.9. The Morgan fingerprint density at radius 1 is 0.955 bits per heavy atom. The molecule has 0 aliphatic carbocycles. The summed E-state index contributed by atoms with van der Waals surface area (Å²) in [5.74, 6) is 0. The number of halogens is 1. The first-order chi connectivity index (χ1) is 10.7. The lowest BCUT2D eigenvalue weighted by Crippen LogP contribution is -2.13. The van der Waals surface area contributed by atoms with E-state index in [2.05, 4.69) is 5.32 Å². The third kappa shape index (κ3) is 3.21. The van der Waals surface area contributed by atoms with Gasteiger partial charge in [0.2, 0.25) is 0 Å². The van der Waals surface area contributed by atoms with Crippen LogP contribution in [0.2, 0.25) is 5.02 Å². The second-order valence-corrected chi connectivity index (χ2v) is 5.21. The van der Waals surface area contributed by atoms with Crippen molar-refractivity contribution in [2.24, 2.45) is 0 Å². The Morgan fingerprint density at radius 3 is 2.50 bits per heavy atom. The minimum absolute atomic E-state index is 0.220. The van der Waals surface area contributed by atoms with E-state index in [9.17, 15) is 4.79 Å². The number of carbonyl (C=O) groups is 1. The Bertz CT molecular complexity index is 803. The van der Waals surface area contributed by atoms with Crippen molar-refractivity contribution in [2.45, 2.75) is 6.61 Å². The predicted octanol–water partition coefficient (Wildman–Crippen LogP) is 5.24. The van der Waals surface area contributed by atoms with Gasteiger partial charge in [-0.2, -0.15) is 0 Å². The summed E-state index contributed by atoms with van der Waals surface area (Å²) in [6.07, 6.45) is -0.527. The van der Waals surface area contributed by atoms with Crippen LogP contribution in [0.4, 0.5) is 10.5 Å². The highest BCUT2D eigenvalue weighted by Gasteiger charge is 2.09. The summed E-state index contributed by atoms with van der Waals surface area (Å²) in [4.78, 5) is 11.9. The van der Waals surface area contributed by atoms with Crippen molar-refractivity contribution in [3.05, 3.63) is 77.3 Å². The van der Waals surface area contributed by atoms with Gasteiger partial charge in [0.1, 0.15) is 6.61 Å². The molecule has 0 aliphatic heterocycles. The third-order valence-electron chi connectivity index (χ3n) is 3.31. The predicted molar refractivity (Wildman–Crippen MR) is 89.2 cm³/mol. The zero-order valence-electron chi connectivity index (χ0n) is 11.8. The first kappa shape index (κ1) is 14.4. The molecule has 3 nitrogen and oxygen atoms in total. The van der Waals surface area contributed by atoms with Crippen LogP contribution in [0.5, 0.6) is 0 Å². The zero-order valence-corrected chi connectivity index (χ0v) is 12.5. The van der Waals surface area contributed by atoms with E-state index in [1.165, 1.54) is 0 Å². The molecule has 0 heterocycles. The summed E-state index contributed by atoms with van der Waals surface area (Å²) in [5, 5.41) is 5.11. The Hall–Kier alpha value is -2.52. The minimum Gasteiger partial charge on any atom is -0.444 e. The fraction of sp³-hybridized carbons (Fsp3) is 0.0556. The van der Waals surface area contributed by atoms with E-state index >= 15 is 0 Å². The van der Waals surface area contributed by atoms with Gasteiger partial charge in [-0.15, -0.1) is 0 Å². The number of rotatable bonds is 3. The zero-order chi connectivity index (χ0) is 15.4. The van der Waals surface area contributed by atoms with Crippen molar-refractivity contribution in [1.82, 2.24) is 0 Å². The number of fused-ring (bicyclic) bond motifs is 1. The van der Waals surface area contributed by atoms with Crippen molar-refractivity contribution >= 4 is 34.2 Å². The quantitative estimate of drug-likeness (QED) is 0.718. The van der Waals surface area contributed by atoms with Gasteiger partial charge in [-0.25, -0.2) is 4.79 Å². The van der Waals surface area contributed by atoms with Crippen LogP contribution in [0.3, 0.4) is 0 Å². The van der Waals surface area contributed by atoms with E-state index in [0.29, 0.717) is 10.7 Å². The van der Waals surface area contributed by atoms with Crippen LogP contribution in [0, 0.1) is 0 Å². The van der Waals surface area contributed by atoms with E-state index < -0.39 is 6.09 Å². The lowest BCUT2D eigenvalue weighted by atomic mass is 10.1. The molecule has 3 aromatic carbocycles. The molecule has 110 valence electrons. The van der Waals surface area contributed by atoms with Gasteiger partial charge in [-0.1, -0.05) is 72.3 Å². The molecule has 0 aliphatic rings. The van der Waals surface area contributed by atoms with Crippen LogP contribution in [0.25, 0.3) is 10.8 Å². The molecule has 0 saturated carbocycles. The second kappa shape index (κ2) is 6.50. The van der Waals surface area contributed by atoms with Crippen LogP contribution in [-0.2, 0) is 11.3 Å². The average molecular weight is 312 g/mol. The second-order valence-electron chi connectivity index (χ2n) is 4.83. The van der Waals surface area contributed by atoms with Crippen LogP contribution in [0.15, 0.2) is 66.7 Å². The maximum absolute atomic E-state index is 11.9. The summed E-state index contributed by atoms with van der Waals surface area (Å²) >= 11 is 6.33. The summed E-state index contributed by atoms with van der Waals surface area (Å²) in [6.45, 7) is 0.220. The molecule has 4 heteroatoms. The molecule has 0 bridgehead atoms. The van der Waals surface area contributed by atoms with Gasteiger partial charge in [0.05, 0.1) is 10.7 Å². The first-order valence-electron chi connectivity index (χ1n) is 6.89. The number of amides is 1. The molecule has 3 rings (SSSR count). The molecule has 22 heavy (non-hydrogen) atoms. The molecule has 0 aromatic heterocycles. The molecule has 1 N–H and O–H groups in total. The van der Waals surface area contributed by atoms with Crippen molar-refractivity contribution in [1.29, 1.82) is 0 Å². The topological polar surface area (TPSA) is 38.3 Å². The van der Waals surface area contributed by atoms with Crippen molar-refractivity contribution in [3.63, 3.8) is 0 Å². The molecule has 0 radical (unpaired) electrons. The molecule has 0 saturated heterocycles. The molecule has 0 atom stereocenters. The van der Waals surface area contributed by atoms with Gasteiger partial charge >= 0.3 is 6.09 Å². The van der Waals surface area contributed by atoms with Gasteiger partial charge in [0.25, 0.3) is 0 Å². The highest BCUT2D eigenvalue weighted by atomic mass is 35.5. The van der Waals surface area contributed by atoms with Crippen molar-refractivity contribution in [2.75, 3.05) is 5.32 Å². The monoisotopic (exact) mass is 311 g/mol.